The van der Waals surface area contributed by atoms with Crippen molar-refractivity contribution in [2.24, 2.45) is 0 Å². The number of hydrogen-bond acceptors (Lipinski definition) is 4. The zero-order valence-corrected chi connectivity index (χ0v) is 11.5. The van der Waals surface area contributed by atoms with Gasteiger partial charge in [-0.15, -0.1) is 0 Å². The van der Waals surface area contributed by atoms with Gasteiger partial charge in [0.2, 0.25) is 10.0 Å². The van der Waals surface area contributed by atoms with E-state index in [0.717, 1.165) is 12.1 Å². The lowest BCUT2D eigenvalue weighted by Gasteiger charge is -2.10. The van der Waals surface area contributed by atoms with E-state index in [1.807, 2.05) is 6.07 Å². The number of hydrogen-bond donors (Lipinski definition) is 2. The Morgan fingerprint density at radius 1 is 1.50 bits per heavy atom. The summed E-state index contributed by atoms with van der Waals surface area (Å²) in [7, 11) is -4.01. The van der Waals surface area contributed by atoms with E-state index in [-0.39, 0.29) is 18.5 Å². The quantitative estimate of drug-likeness (QED) is 0.772. The summed E-state index contributed by atoms with van der Waals surface area (Å²) in [5.74, 6) is -2.31. The number of nitrogens with one attached hydrogen (secondary N) is 1. The van der Waals surface area contributed by atoms with Crippen molar-refractivity contribution in [1.29, 1.82) is 5.26 Å². The minimum atomic E-state index is -4.01. The highest BCUT2D eigenvalue weighted by atomic mass is 32.2. The van der Waals surface area contributed by atoms with Gasteiger partial charge in [-0.3, -0.25) is 0 Å². The zero-order valence-electron chi connectivity index (χ0n) is 10.7. The first-order chi connectivity index (χ1) is 9.29. The van der Waals surface area contributed by atoms with Crippen LogP contribution in [0.15, 0.2) is 17.0 Å². The van der Waals surface area contributed by atoms with Crippen LogP contribution in [0.25, 0.3) is 0 Å². The van der Waals surface area contributed by atoms with Crippen LogP contribution in [0, 0.1) is 24.1 Å². The van der Waals surface area contributed by atoms with Gasteiger partial charge in [0, 0.05) is 18.5 Å². The number of benzene rings is 1. The van der Waals surface area contributed by atoms with Gasteiger partial charge in [0.15, 0.2) is 0 Å². The Labute approximate surface area is 115 Å². The van der Waals surface area contributed by atoms with E-state index >= 15 is 0 Å². The van der Waals surface area contributed by atoms with Crippen molar-refractivity contribution in [2.45, 2.75) is 24.7 Å². The van der Waals surface area contributed by atoms with Crippen molar-refractivity contribution in [3.63, 3.8) is 0 Å². The topological polar surface area (TPSA) is 107 Å². The van der Waals surface area contributed by atoms with Gasteiger partial charge >= 0.3 is 5.97 Å². The molecule has 0 fully saturated rings. The van der Waals surface area contributed by atoms with Crippen molar-refractivity contribution in [1.82, 2.24) is 4.72 Å². The maximum atomic E-state index is 13.6. The Hall–Kier alpha value is -1.98. The molecule has 0 spiro atoms. The van der Waals surface area contributed by atoms with E-state index in [2.05, 4.69) is 4.72 Å². The molecule has 1 aromatic carbocycles. The predicted octanol–water partition coefficient (Wildman–Crippen LogP) is 1.41. The van der Waals surface area contributed by atoms with Crippen LogP contribution >= 0.6 is 0 Å². The molecule has 0 aliphatic rings. The van der Waals surface area contributed by atoms with Gasteiger partial charge in [0.25, 0.3) is 0 Å². The van der Waals surface area contributed by atoms with Crippen LogP contribution in [-0.4, -0.2) is 26.0 Å². The van der Waals surface area contributed by atoms with E-state index in [0.29, 0.717) is 6.42 Å². The first-order valence-electron chi connectivity index (χ1n) is 5.69. The average Bonchev–Trinajstić information content (AvgIpc) is 2.37. The molecule has 0 aliphatic carbocycles. The number of aromatic carboxylic acids is 1. The molecule has 0 amide bonds. The van der Waals surface area contributed by atoms with Crippen molar-refractivity contribution in [3.8, 4) is 6.07 Å². The molecule has 0 saturated heterocycles. The van der Waals surface area contributed by atoms with E-state index in [1.165, 1.54) is 6.92 Å². The van der Waals surface area contributed by atoms with Crippen LogP contribution < -0.4 is 4.72 Å². The summed E-state index contributed by atoms with van der Waals surface area (Å²) in [6.07, 6.45) is 0.501. The molecule has 20 heavy (non-hydrogen) atoms. The Balaban J connectivity index is 3.11. The number of nitrogens with zero attached hydrogens (tertiary/aromatic N) is 1. The minimum absolute atomic E-state index is 0.0221. The van der Waals surface area contributed by atoms with Gasteiger partial charge in [0.1, 0.15) is 5.82 Å². The number of rotatable bonds is 6. The van der Waals surface area contributed by atoms with Crippen molar-refractivity contribution in [2.75, 3.05) is 6.54 Å². The molecular formula is C12H13FN2O4S. The van der Waals surface area contributed by atoms with Crippen LogP contribution in [0.3, 0.4) is 0 Å². The molecule has 0 aromatic heterocycles. The van der Waals surface area contributed by atoms with Gasteiger partial charge in [-0.05, 0) is 25.5 Å². The van der Waals surface area contributed by atoms with Crippen LogP contribution in [0.5, 0.6) is 0 Å². The second-order valence-electron chi connectivity index (χ2n) is 4.05. The Bertz CT molecular complexity index is 665. The molecule has 1 rings (SSSR count). The molecule has 0 unspecified atom stereocenters. The number of halogens is 1. The van der Waals surface area contributed by atoms with Crippen molar-refractivity contribution < 1.29 is 22.7 Å². The fourth-order valence-corrected chi connectivity index (χ4v) is 2.86. The van der Waals surface area contributed by atoms with E-state index < -0.39 is 32.3 Å². The van der Waals surface area contributed by atoms with E-state index in [1.54, 1.807) is 0 Å². The fourth-order valence-electron chi connectivity index (χ4n) is 1.51. The standard InChI is InChI=1S/C12H13FN2O4S/c1-8-10(13)6-9(12(16)17)7-11(8)20(18,19)15-5-3-2-4-14/h6-7,15H,2-3,5H2,1H3,(H,16,17). The maximum absolute atomic E-state index is 13.6. The number of carbonyl (C=O) groups is 1. The molecule has 6 nitrogen and oxygen atoms in total. The third-order valence-electron chi connectivity index (χ3n) is 2.59. The average molecular weight is 300 g/mol. The first kappa shape index (κ1) is 16.1. The normalized spacial score (nSPS) is 11.1. The summed E-state index contributed by atoms with van der Waals surface area (Å²) in [6, 6.07) is 3.55. The van der Waals surface area contributed by atoms with Crippen LogP contribution in [0.1, 0.15) is 28.8 Å². The summed E-state index contributed by atoms with van der Waals surface area (Å²) in [4.78, 5) is 10.4. The van der Waals surface area contributed by atoms with Crippen molar-refractivity contribution in [3.05, 3.63) is 29.1 Å². The molecular weight excluding hydrogens is 287 g/mol. The van der Waals surface area contributed by atoms with Gasteiger partial charge < -0.3 is 5.11 Å². The van der Waals surface area contributed by atoms with Gasteiger partial charge in [-0.1, -0.05) is 0 Å². The Kier molecular flexibility index (Phi) is 5.19. The smallest absolute Gasteiger partial charge is 0.335 e. The number of sulfonamides is 1. The molecule has 108 valence electrons. The Morgan fingerprint density at radius 2 is 2.15 bits per heavy atom. The molecule has 2 N–H and O–H groups in total. The Morgan fingerprint density at radius 3 is 2.70 bits per heavy atom. The zero-order chi connectivity index (χ0) is 15.3. The molecule has 0 aliphatic heterocycles. The highest BCUT2D eigenvalue weighted by molar-refractivity contribution is 7.89. The molecule has 0 radical (unpaired) electrons. The fraction of sp³-hybridized carbons (Fsp3) is 0.333. The van der Waals surface area contributed by atoms with Gasteiger partial charge in [0.05, 0.1) is 16.5 Å². The largest absolute Gasteiger partial charge is 0.478 e. The maximum Gasteiger partial charge on any atom is 0.335 e. The number of carboxylic acids is 1. The third kappa shape index (κ3) is 3.76. The molecule has 8 heteroatoms. The summed E-state index contributed by atoms with van der Waals surface area (Å²) in [5.41, 5.74) is -0.590. The van der Waals surface area contributed by atoms with Gasteiger partial charge in [-0.25, -0.2) is 22.3 Å². The summed E-state index contributed by atoms with van der Waals surface area (Å²) in [5, 5.41) is 17.2. The minimum Gasteiger partial charge on any atom is -0.478 e. The SMILES string of the molecule is Cc1c(F)cc(C(=O)O)cc1S(=O)(=O)NCCCC#N. The molecule has 0 bridgehead atoms. The monoisotopic (exact) mass is 300 g/mol. The highest BCUT2D eigenvalue weighted by Crippen LogP contribution is 2.20. The van der Waals surface area contributed by atoms with Gasteiger partial charge in [-0.2, -0.15) is 5.26 Å². The second-order valence-corrected chi connectivity index (χ2v) is 5.78. The van der Waals surface area contributed by atoms with Crippen LogP contribution in [-0.2, 0) is 10.0 Å². The van der Waals surface area contributed by atoms with Crippen LogP contribution in [0.4, 0.5) is 4.39 Å². The summed E-state index contributed by atoms with van der Waals surface area (Å²) < 4.78 is 39.8. The van der Waals surface area contributed by atoms with Crippen LogP contribution in [0.2, 0.25) is 0 Å². The number of carboxylic acid groups (broad SMARTS) is 1. The summed E-state index contributed by atoms with van der Waals surface area (Å²) >= 11 is 0. The summed E-state index contributed by atoms with van der Waals surface area (Å²) in [6.45, 7) is 1.28. The molecule has 0 atom stereocenters. The third-order valence-corrected chi connectivity index (χ3v) is 4.18. The second kappa shape index (κ2) is 6.45. The number of nitriles is 1. The number of unbranched alkanes of at least 4 members (excludes halogenated alkanes) is 1. The predicted molar refractivity (Wildman–Crippen MR) is 68.1 cm³/mol. The van der Waals surface area contributed by atoms with Crippen molar-refractivity contribution >= 4 is 16.0 Å². The molecule has 1 aromatic rings. The lowest BCUT2D eigenvalue weighted by molar-refractivity contribution is 0.0696. The highest BCUT2D eigenvalue weighted by Gasteiger charge is 2.21. The van der Waals surface area contributed by atoms with E-state index in [4.69, 9.17) is 10.4 Å². The lowest BCUT2D eigenvalue weighted by Crippen LogP contribution is -2.26. The lowest BCUT2D eigenvalue weighted by atomic mass is 10.1. The molecule has 0 saturated carbocycles. The van der Waals surface area contributed by atoms with E-state index in [9.17, 15) is 17.6 Å². The molecule has 0 heterocycles. The first-order valence-corrected chi connectivity index (χ1v) is 7.18.